The van der Waals surface area contributed by atoms with Gasteiger partial charge in [0, 0.05) is 12.5 Å². The van der Waals surface area contributed by atoms with Gasteiger partial charge in [-0.05, 0) is 36.8 Å². The summed E-state index contributed by atoms with van der Waals surface area (Å²) in [5.74, 6) is -0.457. The fourth-order valence-electron chi connectivity index (χ4n) is 2.70. The van der Waals surface area contributed by atoms with Gasteiger partial charge in [-0.15, -0.1) is 0 Å². The fraction of sp³-hybridized carbons (Fsp3) is 0.667. The van der Waals surface area contributed by atoms with Crippen molar-refractivity contribution in [2.24, 2.45) is 5.92 Å². The Balaban J connectivity index is 2.02. The molecule has 2 atom stereocenters. The van der Waals surface area contributed by atoms with Crippen LogP contribution in [0.15, 0.2) is 24.3 Å². The van der Waals surface area contributed by atoms with E-state index in [4.69, 9.17) is 9.47 Å². The highest BCUT2D eigenvalue weighted by Crippen LogP contribution is 2.29. The molecule has 0 aliphatic carbocycles. The smallest absolute Gasteiger partial charge is 0.163 e. The van der Waals surface area contributed by atoms with Crippen molar-refractivity contribution in [3.8, 4) is 0 Å². The fourth-order valence-corrected chi connectivity index (χ4v) is 2.70. The first-order valence-electron chi connectivity index (χ1n) is 7.73. The van der Waals surface area contributed by atoms with Crippen molar-refractivity contribution >= 4 is 0 Å². The first-order valence-corrected chi connectivity index (χ1v) is 7.73. The molecule has 0 bridgehead atoms. The van der Waals surface area contributed by atoms with E-state index in [-0.39, 0.29) is 24.0 Å². The zero-order chi connectivity index (χ0) is 15.7. The van der Waals surface area contributed by atoms with Crippen LogP contribution in [-0.4, -0.2) is 30.2 Å². The van der Waals surface area contributed by atoms with E-state index in [9.17, 15) is 5.11 Å². The van der Waals surface area contributed by atoms with Gasteiger partial charge >= 0.3 is 0 Å². The third-order valence-electron chi connectivity index (χ3n) is 4.11. The Labute approximate surface area is 128 Å². The summed E-state index contributed by atoms with van der Waals surface area (Å²) in [5, 5.41) is 9.67. The summed E-state index contributed by atoms with van der Waals surface area (Å²) in [5.41, 5.74) is 2.73. The van der Waals surface area contributed by atoms with Crippen LogP contribution in [0.25, 0.3) is 0 Å². The van der Waals surface area contributed by atoms with Gasteiger partial charge < -0.3 is 14.6 Å². The molecular formula is C18H28O3. The Bertz CT molecular complexity index is 456. The molecule has 1 N–H and O–H groups in total. The Hall–Kier alpha value is -0.900. The molecule has 1 aromatic carbocycles. The van der Waals surface area contributed by atoms with Crippen molar-refractivity contribution < 1.29 is 14.6 Å². The van der Waals surface area contributed by atoms with Gasteiger partial charge in [-0.3, -0.25) is 0 Å². The Morgan fingerprint density at radius 1 is 1.24 bits per heavy atom. The molecule has 2 rings (SSSR count). The maximum atomic E-state index is 9.67. The van der Waals surface area contributed by atoms with Gasteiger partial charge in [-0.2, -0.15) is 0 Å². The second kappa shape index (κ2) is 6.07. The van der Waals surface area contributed by atoms with Gasteiger partial charge in [0.25, 0.3) is 0 Å². The SMILES string of the molecule is CC1(C)OC[C@H]([C@H](CO)Cc2ccc(C(C)(C)C)cc2)O1. The zero-order valence-electron chi connectivity index (χ0n) is 13.8. The van der Waals surface area contributed by atoms with Crippen molar-refractivity contribution in [2.45, 2.75) is 58.3 Å². The van der Waals surface area contributed by atoms with Crippen LogP contribution in [0.2, 0.25) is 0 Å². The minimum absolute atomic E-state index is 0.0349. The van der Waals surface area contributed by atoms with E-state index in [0.717, 1.165) is 6.42 Å². The molecule has 1 aliphatic rings. The van der Waals surface area contributed by atoms with Crippen LogP contribution in [0.3, 0.4) is 0 Å². The van der Waals surface area contributed by atoms with Crippen LogP contribution in [0, 0.1) is 5.92 Å². The molecule has 21 heavy (non-hydrogen) atoms. The minimum atomic E-state index is -0.534. The van der Waals surface area contributed by atoms with Crippen molar-refractivity contribution in [1.29, 1.82) is 0 Å². The van der Waals surface area contributed by atoms with E-state index >= 15 is 0 Å². The molecule has 0 spiro atoms. The third-order valence-corrected chi connectivity index (χ3v) is 4.11. The van der Waals surface area contributed by atoms with Crippen LogP contribution in [-0.2, 0) is 21.3 Å². The highest BCUT2D eigenvalue weighted by Gasteiger charge is 2.37. The predicted molar refractivity (Wildman–Crippen MR) is 84.3 cm³/mol. The second-order valence-corrected chi connectivity index (χ2v) is 7.46. The molecule has 0 unspecified atom stereocenters. The van der Waals surface area contributed by atoms with E-state index in [1.165, 1.54) is 11.1 Å². The summed E-state index contributed by atoms with van der Waals surface area (Å²) in [4.78, 5) is 0. The largest absolute Gasteiger partial charge is 0.396 e. The van der Waals surface area contributed by atoms with E-state index < -0.39 is 5.79 Å². The van der Waals surface area contributed by atoms with Crippen molar-refractivity contribution in [1.82, 2.24) is 0 Å². The van der Waals surface area contributed by atoms with Crippen LogP contribution in [0.4, 0.5) is 0 Å². The maximum absolute atomic E-state index is 9.67. The molecule has 1 saturated heterocycles. The number of rotatable bonds is 4. The van der Waals surface area contributed by atoms with Crippen LogP contribution >= 0.6 is 0 Å². The van der Waals surface area contributed by atoms with E-state index in [2.05, 4.69) is 45.0 Å². The normalized spacial score (nSPS) is 23.2. The van der Waals surface area contributed by atoms with E-state index in [1.807, 2.05) is 13.8 Å². The summed E-state index contributed by atoms with van der Waals surface area (Å²) in [7, 11) is 0. The number of hydrogen-bond donors (Lipinski definition) is 1. The molecule has 1 aliphatic heterocycles. The molecule has 0 saturated carbocycles. The average molecular weight is 292 g/mol. The number of benzene rings is 1. The monoisotopic (exact) mass is 292 g/mol. The first kappa shape index (κ1) is 16.5. The standard InChI is InChI=1S/C18H28O3/c1-17(2,3)15-8-6-13(7-9-15)10-14(11-19)16-12-20-18(4,5)21-16/h6-9,14,16,19H,10-12H2,1-5H3/t14-,16+/m0/s1. The van der Waals surface area contributed by atoms with Gasteiger partial charge in [-0.1, -0.05) is 45.0 Å². The maximum Gasteiger partial charge on any atom is 0.163 e. The van der Waals surface area contributed by atoms with Crippen LogP contribution in [0.1, 0.15) is 45.7 Å². The van der Waals surface area contributed by atoms with E-state index in [1.54, 1.807) is 0 Å². The molecule has 1 aromatic rings. The van der Waals surface area contributed by atoms with Crippen molar-refractivity contribution in [3.63, 3.8) is 0 Å². The number of hydrogen-bond acceptors (Lipinski definition) is 3. The van der Waals surface area contributed by atoms with Crippen molar-refractivity contribution in [3.05, 3.63) is 35.4 Å². The second-order valence-electron chi connectivity index (χ2n) is 7.46. The lowest BCUT2D eigenvalue weighted by atomic mass is 9.85. The van der Waals surface area contributed by atoms with Gasteiger partial charge in [0.2, 0.25) is 0 Å². The lowest BCUT2D eigenvalue weighted by Gasteiger charge is -2.23. The van der Waals surface area contributed by atoms with Crippen molar-refractivity contribution in [2.75, 3.05) is 13.2 Å². The number of aliphatic hydroxyl groups is 1. The first-order chi connectivity index (χ1) is 9.71. The molecule has 1 fully saturated rings. The Morgan fingerprint density at radius 3 is 2.29 bits per heavy atom. The van der Waals surface area contributed by atoms with Gasteiger partial charge in [0.15, 0.2) is 5.79 Å². The molecule has 0 amide bonds. The summed E-state index contributed by atoms with van der Waals surface area (Å²) < 4.78 is 11.5. The minimum Gasteiger partial charge on any atom is -0.396 e. The molecule has 1 heterocycles. The van der Waals surface area contributed by atoms with Crippen LogP contribution in [0.5, 0.6) is 0 Å². The summed E-state index contributed by atoms with van der Waals surface area (Å²) in [6, 6.07) is 8.67. The number of ether oxygens (including phenoxy) is 2. The molecule has 3 nitrogen and oxygen atoms in total. The van der Waals surface area contributed by atoms with Crippen LogP contribution < -0.4 is 0 Å². The summed E-state index contributed by atoms with van der Waals surface area (Å²) >= 11 is 0. The highest BCUT2D eigenvalue weighted by molar-refractivity contribution is 5.27. The molecule has 3 heteroatoms. The van der Waals surface area contributed by atoms with Gasteiger partial charge in [-0.25, -0.2) is 0 Å². The predicted octanol–water partition coefficient (Wildman–Crippen LogP) is 3.29. The third kappa shape index (κ3) is 4.29. The zero-order valence-corrected chi connectivity index (χ0v) is 13.8. The van der Waals surface area contributed by atoms with E-state index in [0.29, 0.717) is 6.61 Å². The number of aliphatic hydroxyl groups excluding tert-OH is 1. The molecule has 118 valence electrons. The topological polar surface area (TPSA) is 38.7 Å². The Morgan fingerprint density at radius 2 is 1.86 bits per heavy atom. The Kier molecular flexibility index (Phi) is 4.76. The lowest BCUT2D eigenvalue weighted by molar-refractivity contribution is -0.146. The van der Waals surface area contributed by atoms with Gasteiger partial charge in [0.1, 0.15) is 0 Å². The quantitative estimate of drug-likeness (QED) is 0.925. The van der Waals surface area contributed by atoms with Gasteiger partial charge in [0.05, 0.1) is 12.7 Å². The lowest BCUT2D eigenvalue weighted by Crippen LogP contribution is -2.30. The molecule has 0 aromatic heterocycles. The summed E-state index contributed by atoms with van der Waals surface area (Å²) in [6.07, 6.45) is 0.776. The molecule has 0 radical (unpaired) electrons. The molecular weight excluding hydrogens is 264 g/mol. The highest BCUT2D eigenvalue weighted by atomic mass is 16.7. The average Bonchev–Trinajstić information content (AvgIpc) is 2.75. The summed E-state index contributed by atoms with van der Waals surface area (Å²) in [6.45, 7) is 11.1.